The first kappa shape index (κ1) is 20.7. The maximum absolute atomic E-state index is 13.2. The second-order valence-corrected chi connectivity index (χ2v) is 6.93. The number of nitrogens with one attached hydrogen (secondary N) is 1. The van der Waals surface area contributed by atoms with Gasteiger partial charge in [0.05, 0.1) is 6.42 Å². The van der Waals surface area contributed by atoms with E-state index in [4.69, 9.17) is 0 Å². The van der Waals surface area contributed by atoms with Gasteiger partial charge in [-0.1, -0.05) is 61.0 Å². The molecule has 0 fully saturated rings. The number of carbonyl (C=O) groups excluding carboxylic acids is 2. The van der Waals surface area contributed by atoms with E-state index in [1.165, 1.54) is 0 Å². The highest BCUT2D eigenvalue weighted by atomic mass is 16.2. The summed E-state index contributed by atoms with van der Waals surface area (Å²) < 4.78 is 0. The molecule has 0 aromatic heterocycles. The van der Waals surface area contributed by atoms with E-state index in [2.05, 4.69) is 11.4 Å². The summed E-state index contributed by atoms with van der Waals surface area (Å²) in [5.41, 5.74) is 4.27. The van der Waals surface area contributed by atoms with Crippen molar-refractivity contribution in [1.29, 1.82) is 0 Å². The van der Waals surface area contributed by atoms with Gasteiger partial charge in [0.2, 0.25) is 11.8 Å². The zero-order valence-electron chi connectivity index (χ0n) is 16.8. The molecule has 4 nitrogen and oxygen atoms in total. The molecule has 144 valence electrons. The molecule has 0 spiro atoms. The third kappa shape index (κ3) is 5.68. The number of rotatable bonds is 8. The third-order valence-electron chi connectivity index (χ3n) is 4.78. The normalized spacial score (nSPS) is 11.7. The molecule has 27 heavy (non-hydrogen) atoms. The van der Waals surface area contributed by atoms with Crippen LogP contribution in [-0.4, -0.2) is 29.3 Å². The lowest BCUT2D eigenvalue weighted by molar-refractivity contribution is -0.140. The van der Waals surface area contributed by atoms with E-state index in [9.17, 15) is 9.59 Å². The van der Waals surface area contributed by atoms with Crippen LogP contribution in [0.1, 0.15) is 42.5 Å². The van der Waals surface area contributed by atoms with Gasteiger partial charge in [0, 0.05) is 13.1 Å². The van der Waals surface area contributed by atoms with Gasteiger partial charge in [-0.3, -0.25) is 9.59 Å². The molecule has 0 aliphatic rings. The molecule has 0 radical (unpaired) electrons. The van der Waals surface area contributed by atoms with Crippen molar-refractivity contribution in [3.05, 3.63) is 70.8 Å². The molecule has 0 bridgehead atoms. The predicted molar refractivity (Wildman–Crippen MR) is 109 cm³/mol. The molecule has 4 heteroatoms. The van der Waals surface area contributed by atoms with Crippen molar-refractivity contribution in [2.75, 3.05) is 6.54 Å². The molecular formula is C23H30N2O2. The van der Waals surface area contributed by atoms with E-state index in [1.54, 1.807) is 4.90 Å². The van der Waals surface area contributed by atoms with Crippen LogP contribution in [0, 0.1) is 13.8 Å². The van der Waals surface area contributed by atoms with Crippen LogP contribution >= 0.6 is 0 Å². The third-order valence-corrected chi connectivity index (χ3v) is 4.78. The Kier molecular flexibility index (Phi) is 7.59. The molecule has 0 aliphatic carbocycles. The molecule has 0 aliphatic heterocycles. The number of nitrogens with zero attached hydrogens (tertiary/aromatic N) is 1. The Morgan fingerprint density at radius 3 is 2.41 bits per heavy atom. The first-order valence-corrected chi connectivity index (χ1v) is 9.63. The van der Waals surface area contributed by atoms with E-state index in [0.717, 1.165) is 22.3 Å². The lowest BCUT2D eigenvalue weighted by Gasteiger charge is -2.31. The van der Waals surface area contributed by atoms with Gasteiger partial charge in [-0.15, -0.1) is 0 Å². The van der Waals surface area contributed by atoms with Gasteiger partial charge in [0.1, 0.15) is 6.04 Å². The van der Waals surface area contributed by atoms with E-state index >= 15 is 0 Å². The Labute approximate surface area is 162 Å². The smallest absolute Gasteiger partial charge is 0.242 e. The monoisotopic (exact) mass is 366 g/mol. The summed E-state index contributed by atoms with van der Waals surface area (Å²) >= 11 is 0. The van der Waals surface area contributed by atoms with Crippen LogP contribution in [0.4, 0.5) is 0 Å². The molecular weight excluding hydrogens is 336 g/mol. The number of benzene rings is 2. The van der Waals surface area contributed by atoms with Crippen LogP contribution in [0.5, 0.6) is 0 Å². The number of amides is 2. The van der Waals surface area contributed by atoms with Crippen molar-refractivity contribution in [1.82, 2.24) is 10.2 Å². The molecule has 2 aromatic carbocycles. The average Bonchev–Trinajstić information content (AvgIpc) is 2.63. The van der Waals surface area contributed by atoms with Gasteiger partial charge in [0.15, 0.2) is 0 Å². The summed E-state index contributed by atoms with van der Waals surface area (Å²) in [7, 11) is 0. The van der Waals surface area contributed by atoms with Crippen molar-refractivity contribution in [3.8, 4) is 0 Å². The van der Waals surface area contributed by atoms with Crippen molar-refractivity contribution in [2.24, 2.45) is 0 Å². The summed E-state index contributed by atoms with van der Waals surface area (Å²) in [4.78, 5) is 27.5. The van der Waals surface area contributed by atoms with Gasteiger partial charge in [-0.05, 0) is 43.9 Å². The lowest BCUT2D eigenvalue weighted by atomic mass is 10.0. The summed E-state index contributed by atoms with van der Waals surface area (Å²) in [6.07, 6.45) is 0.881. The predicted octanol–water partition coefficient (Wildman–Crippen LogP) is 3.79. The molecule has 1 N–H and O–H groups in total. The Balaban J connectivity index is 2.30. The number of hydrogen-bond donors (Lipinski definition) is 1. The molecule has 0 saturated heterocycles. The van der Waals surface area contributed by atoms with Gasteiger partial charge in [-0.25, -0.2) is 0 Å². The average molecular weight is 367 g/mol. The Morgan fingerprint density at radius 1 is 1.04 bits per heavy atom. The number of likely N-dealkylation sites (N-methyl/N-ethyl adjacent to an activating group) is 1. The molecule has 2 rings (SSSR count). The minimum Gasteiger partial charge on any atom is -0.355 e. The van der Waals surface area contributed by atoms with E-state index in [0.29, 0.717) is 25.9 Å². The second kappa shape index (κ2) is 9.91. The molecule has 2 aromatic rings. The van der Waals surface area contributed by atoms with Crippen LogP contribution in [0.15, 0.2) is 48.5 Å². The highest BCUT2D eigenvalue weighted by Gasteiger charge is 2.28. The van der Waals surface area contributed by atoms with Crippen molar-refractivity contribution >= 4 is 11.8 Å². The molecule has 0 heterocycles. The molecule has 1 unspecified atom stereocenters. The fraction of sp³-hybridized carbons (Fsp3) is 0.391. The molecule has 1 atom stereocenters. The van der Waals surface area contributed by atoms with Crippen LogP contribution < -0.4 is 5.32 Å². The van der Waals surface area contributed by atoms with Crippen molar-refractivity contribution in [3.63, 3.8) is 0 Å². The van der Waals surface area contributed by atoms with Crippen LogP contribution in [0.25, 0.3) is 0 Å². The van der Waals surface area contributed by atoms with Gasteiger partial charge in [-0.2, -0.15) is 0 Å². The van der Waals surface area contributed by atoms with Crippen LogP contribution in [-0.2, 0) is 22.6 Å². The Hall–Kier alpha value is -2.62. The Bertz CT molecular complexity index is 785. The van der Waals surface area contributed by atoms with E-state index in [-0.39, 0.29) is 11.8 Å². The fourth-order valence-corrected chi connectivity index (χ4v) is 3.29. The summed E-state index contributed by atoms with van der Waals surface area (Å²) in [6, 6.07) is 15.5. The van der Waals surface area contributed by atoms with E-state index in [1.807, 2.05) is 70.2 Å². The minimum absolute atomic E-state index is 0.0242. The zero-order chi connectivity index (χ0) is 19.8. The number of hydrogen-bond acceptors (Lipinski definition) is 2. The maximum atomic E-state index is 13.2. The van der Waals surface area contributed by atoms with Gasteiger partial charge < -0.3 is 10.2 Å². The number of aryl methyl sites for hydroxylation is 2. The highest BCUT2D eigenvalue weighted by Crippen LogP contribution is 2.17. The van der Waals surface area contributed by atoms with E-state index < -0.39 is 6.04 Å². The van der Waals surface area contributed by atoms with Crippen molar-refractivity contribution < 1.29 is 9.59 Å². The molecule has 0 saturated carbocycles. The second-order valence-electron chi connectivity index (χ2n) is 6.93. The van der Waals surface area contributed by atoms with Crippen molar-refractivity contribution in [2.45, 2.75) is 53.1 Å². The maximum Gasteiger partial charge on any atom is 0.242 e. The molecule has 2 amide bonds. The Morgan fingerprint density at radius 2 is 1.78 bits per heavy atom. The van der Waals surface area contributed by atoms with Crippen LogP contribution in [0.3, 0.4) is 0 Å². The quantitative estimate of drug-likeness (QED) is 0.773. The zero-order valence-corrected chi connectivity index (χ0v) is 16.8. The largest absolute Gasteiger partial charge is 0.355 e. The lowest BCUT2D eigenvalue weighted by Crippen LogP contribution is -2.49. The minimum atomic E-state index is -0.470. The number of carbonyl (C=O) groups is 2. The standard InChI is InChI=1S/C23H30N2O2/c1-5-21(23(27)24-6-2)25(16-19-12-9-10-17(3)14-19)22(26)15-20-13-8-7-11-18(20)4/h7-14,21H,5-6,15-16H2,1-4H3,(H,24,27). The summed E-state index contributed by atoms with van der Waals surface area (Å²) in [6.45, 7) is 8.87. The van der Waals surface area contributed by atoms with Gasteiger partial charge >= 0.3 is 0 Å². The highest BCUT2D eigenvalue weighted by molar-refractivity contribution is 5.88. The summed E-state index contributed by atoms with van der Waals surface area (Å²) in [5, 5.41) is 2.87. The van der Waals surface area contributed by atoms with Crippen LogP contribution in [0.2, 0.25) is 0 Å². The first-order valence-electron chi connectivity index (χ1n) is 9.63. The first-order chi connectivity index (χ1) is 13.0. The topological polar surface area (TPSA) is 49.4 Å². The fourth-order valence-electron chi connectivity index (χ4n) is 3.29. The summed E-state index contributed by atoms with van der Waals surface area (Å²) in [5.74, 6) is -0.116. The SMILES string of the molecule is CCNC(=O)C(CC)N(Cc1cccc(C)c1)C(=O)Cc1ccccc1C. The van der Waals surface area contributed by atoms with Gasteiger partial charge in [0.25, 0.3) is 0 Å².